The van der Waals surface area contributed by atoms with Crippen LogP contribution in [0.1, 0.15) is 0 Å². The van der Waals surface area contributed by atoms with Crippen molar-refractivity contribution >= 4 is 43.2 Å². The topological polar surface area (TPSA) is 90.0 Å². The second-order valence-corrected chi connectivity index (χ2v) is 6.96. The molecule has 1 aromatic carbocycles. The lowest BCUT2D eigenvalue weighted by atomic mass is 10.3. The molecule has 0 atom stereocenters. The Balaban J connectivity index is 2.28. The summed E-state index contributed by atoms with van der Waals surface area (Å²) >= 11 is 9.22. The van der Waals surface area contributed by atoms with Crippen molar-refractivity contribution in [3.8, 4) is 0 Å². The van der Waals surface area contributed by atoms with Crippen LogP contribution in [0.25, 0.3) is 0 Å². The molecular formula is C11H12BrClN4O2S. The Hall–Kier alpha value is -1.09. The van der Waals surface area contributed by atoms with Gasteiger partial charge in [0.2, 0.25) is 0 Å². The van der Waals surface area contributed by atoms with Crippen molar-refractivity contribution in [1.82, 2.24) is 9.78 Å². The fraction of sp³-hybridized carbons (Fsp3) is 0.182. The Morgan fingerprint density at radius 1 is 1.45 bits per heavy atom. The maximum Gasteiger partial charge on any atom is 0.265 e. The van der Waals surface area contributed by atoms with Gasteiger partial charge in [-0.15, -0.1) is 0 Å². The molecule has 1 aromatic heterocycles. The van der Waals surface area contributed by atoms with E-state index in [9.17, 15) is 8.42 Å². The van der Waals surface area contributed by atoms with Crippen molar-refractivity contribution in [2.45, 2.75) is 11.4 Å². The zero-order valence-corrected chi connectivity index (χ0v) is 13.4. The van der Waals surface area contributed by atoms with Gasteiger partial charge in [0.15, 0.2) is 0 Å². The molecule has 0 unspecified atom stereocenters. The molecule has 9 heteroatoms. The van der Waals surface area contributed by atoms with E-state index >= 15 is 0 Å². The van der Waals surface area contributed by atoms with Gasteiger partial charge in [-0.05, 0) is 18.2 Å². The molecule has 3 N–H and O–H groups in total. The highest BCUT2D eigenvalue weighted by atomic mass is 79.9. The summed E-state index contributed by atoms with van der Waals surface area (Å²) in [5, 5.41) is 4.24. The zero-order valence-electron chi connectivity index (χ0n) is 10.3. The van der Waals surface area contributed by atoms with E-state index in [1.807, 2.05) is 0 Å². The molecular weight excluding hydrogens is 368 g/mol. The number of anilines is 1. The van der Waals surface area contributed by atoms with Crippen LogP contribution in [0.2, 0.25) is 5.02 Å². The Kier molecular flexibility index (Phi) is 4.69. The smallest absolute Gasteiger partial charge is 0.265 e. The maximum atomic E-state index is 12.2. The first kappa shape index (κ1) is 15.3. The molecule has 2 rings (SSSR count). The van der Waals surface area contributed by atoms with E-state index in [4.69, 9.17) is 17.3 Å². The summed E-state index contributed by atoms with van der Waals surface area (Å²) in [5.41, 5.74) is 5.69. The van der Waals surface area contributed by atoms with Crippen LogP contribution in [0.4, 0.5) is 5.69 Å². The second kappa shape index (κ2) is 6.13. The maximum absolute atomic E-state index is 12.2. The SMILES string of the molecule is NCCn1cc(S(=O)(=O)Nc2cc(Br)ccc2Cl)cn1. The van der Waals surface area contributed by atoms with Gasteiger partial charge in [0.1, 0.15) is 4.90 Å². The zero-order chi connectivity index (χ0) is 14.8. The highest BCUT2D eigenvalue weighted by Gasteiger charge is 2.18. The van der Waals surface area contributed by atoms with E-state index in [1.165, 1.54) is 17.1 Å². The number of hydrogen-bond donors (Lipinski definition) is 2. The van der Waals surface area contributed by atoms with Crippen LogP contribution in [0.15, 0.2) is 40.0 Å². The van der Waals surface area contributed by atoms with Crippen molar-refractivity contribution < 1.29 is 8.42 Å². The first-order valence-corrected chi connectivity index (χ1v) is 8.28. The predicted octanol–water partition coefficient (Wildman–Crippen LogP) is 2.06. The number of benzene rings is 1. The molecule has 0 amide bonds. The third-order valence-electron chi connectivity index (χ3n) is 2.45. The van der Waals surface area contributed by atoms with Gasteiger partial charge in [0.25, 0.3) is 10.0 Å². The average Bonchev–Trinajstić information content (AvgIpc) is 2.83. The van der Waals surface area contributed by atoms with Crippen LogP contribution < -0.4 is 10.5 Å². The molecule has 1 heterocycles. The summed E-state index contributed by atoms with van der Waals surface area (Å²) in [5.74, 6) is 0. The van der Waals surface area contributed by atoms with E-state index in [0.29, 0.717) is 23.8 Å². The number of hydrogen-bond acceptors (Lipinski definition) is 4. The Morgan fingerprint density at radius 2 is 2.20 bits per heavy atom. The molecule has 0 aliphatic rings. The van der Waals surface area contributed by atoms with Crippen LogP contribution >= 0.6 is 27.5 Å². The fourth-order valence-corrected chi connectivity index (χ4v) is 3.12. The minimum atomic E-state index is -3.73. The normalized spacial score (nSPS) is 11.6. The van der Waals surface area contributed by atoms with Crippen molar-refractivity contribution in [1.29, 1.82) is 0 Å². The molecule has 0 radical (unpaired) electrons. The lowest BCUT2D eigenvalue weighted by molar-refractivity contribution is 0.599. The molecule has 0 bridgehead atoms. The number of halogens is 2. The average molecular weight is 380 g/mol. The van der Waals surface area contributed by atoms with Gasteiger partial charge in [-0.1, -0.05) is 27.5 Å². The number of rotatable bonds is 5. The van der Waals surface area contributed by atoms with Crippen molar-refractivity contribution in [3.63, 3.8) is 0 Å². The number of nitrogens with zero attached hydrogens (tertiary/aromatic N) is 2. The standard InChI is InChI=1S/C11H12BrClN4O2S/c12-8-1-2-10(13)11(5-8)16-20(18,19)9-6-15-17(7-9)4-3-14/h1-2,5-7,16H,3-4,14H2. The summed E-state index contributed by atoms with van der Waals surface area (Å²) in [7, 11) is -3.73. The van der Waals surface area contributed by atoms with Crippen LogP contribution in [0, 0.1) is 0 Å². The highest BCUT2D eigenvalue weighted by molar-refractivity contribution is 9.10. The van der Waals surface area contributed by atoms with Crippen molar-refractivity contribution in [3.05, 3.63) is 40.1 Å². The molecule has 0 aliphatic carbocycles. The lowest BCUT2D eigenvalue weighted by Gasteiger charge is -2.08. The summed E-state index contributed by atoms with van der Waals surface area (Å²) in [6, 6.07) is 4.91. The van der Waals surface area contributed by atoms with Gasteiger partial charge in [-0.2, -0.15) is 5.10 Å². The Labute approximate surface area is 130 Å². The first-order valence-electron chi connectivity index (χ1n) is 5.63. The van der Waals surface area contributed by atoms with Gasteiger partial charge in [-0.25, -0.2) is 8.42 Å². The molecule has 0 saturated carbocycles. The molecule has 6 nitrogen and oxygen atoms in total. The molecule has 2 aromatic rings. The minimum absolute atomic E-state index is 0.0574. The number of sulfonamides is 1. The second-order valence-electron chi connectivity index (χ2n) is 3.96. The van der Waals surface area contributed by atoms with Gasteiger partial charge in [-0.3, -0.25) is 9.40 Å². The van der Waals surface area contributed by atoms with Crippen molar-refractivity contribution in [2.75, 3.05) is 11.3 Å². The van der Waals surface area contributed by atoms with E-state index in [2.05, 4.69) is 25.8 Å². The summed E-state index contributed by atoms with van der Waals surface area (Å²) in [6.45, 7) is 0.833. The number of nitrogens with two attached hydrogens (primary N) is 1. The summed E-state index contributed by atoms with van der Waals surface area (Å²) < 4.78 is 29.0. The predicted molar refractivity (Wildman–Crippen MR) is 81.2 cm³/mol. The molecule has 20 heavy (non-hydrogen) atoms. The van der Waals surface area contributed by atoms with E-state index in [0.717, 1.165) is 4.47 Å². The molecule has 108 valence electrons. The highest BCUT2D eigenvalue weighted by Crippen LogP contribution is 2.27. The Bertz CT molecular complexity index is 717. The van der Waals surface area contributed by atoms with Crippen LogP contribution in [-0.4, -0.2) is 24.7 Å². The minimum Gasteiger partial charge on any atom is -0.329 e. The van der Waals surface area contributed by atoms with Crippen LogP contribution in [0.3, 0.4) is 0 Å². The Morgan fingerprint density at radius 3 is 2.90 bits per heavy atom. The third kappa shape index (κ3) is 3.51. The van der Waals surface area contributed by atoms with Crippen LogP contribution in [-0.2, 0) is 16.6 Å². The molecule has 0 spiro atoms. The van der Waals surface area contributed by atoms with Crippen LogP contribution in [0.5, 0.6) is 0 Å². The molecule has 0 aliphatic heterocycles. The van der Waals surface area contributed by atoms with Gasteiger partial charge < -0.3 is 5.73 Å². The quantitative estimate of drug-likeness (QED) is 0.832. The summed E-state index contributed by atoms with van der Waals surface area (Å²) in [4.78, 5) is 0.0574. The largest absolute Gasteiger partial charge is 0.329 e. The lowest BCUT2D eigenvalue weighted by Crippen LogP contribution is -2.13. The van der Waals surface area contributed by atoms with Gasteiger partial charge >= 0.3 is 0 Å². The monoisotopic (exact) mass is 378 g/mol. The van der Waals surface area contributed by atoms with E-state index < -0.39 is 10.0 Å². The van der Waals surface area contributed by atoms with Gasteiger partial charge in [0.05, 0.1) is 23.5 Å². The molecule has 0 fully saturated rings. The van der Waals surface area contributed by atoms with E-state index in [1.54, 1.807) is 18.2 Å². The number of nitrogens with one attached hydrogen (secondary N) is 1. The third-order valence-corrected chi connectivity index (χ3v) is 4.59. The first-order chi connectivity index (χ1) is 9.42. The van der Waals surface area contributed by atoms with Gasteiger partial charge in [0, 0.05) is 17.2 Å². The number of aromatic nitrogens is 2. The molecule has 0 saturated heterocycles. The summed E-state index contributed by atoms with van der Waals surface area (Å²) in [6.07, 6.45) is 2.69. The fourth-order valence-electron chi connectivity index (χ4n) is 1.52. The van der Waals surface area contributed by atoms with Crippen molar-refractivity contribution in [2.24, 2.45) is 5.73 Å². The van der Waals surface area contributed by atoms with E-state index in [-0.39, 0.29) is 4.90 Å².